The lowest BCUT2D eigenvalue weighted by Crippen LogP contribution is -2.28. The summed E-state index contributed by atoms with van der Waals surface area (Å²) in [5.74, 6) is 0. The summed E-state index contributed by atoms with van der Waals surface area (Å²) >= 11 is 0. The van der Waals surface area contributed by atoms with Crippen LogP contribution in [-0.2, 0) is 0 Å². The first-order chi connectivity index (χ1) is 11.6. The molecule has 0 saturated carbocycles. The van der Waals surface area contributed by atoms with Crippen LogP contribution in [0.4, 0.5) is 0 Å². The van der Waals surface area contributed by atoms with Gasteiger partial charge in [-0.2, -0.15) is 4.73 Å². The van der Waals surface area contributed by atoms with Gasteiger partial charge in [-0.25, -0.2) is 0 Å². The van der Waals surface area contributed by atoms with E-state index in [1.165, 1.54) is 22.3 Å². The Balaban J connectivity index is 2.28. The van der Waals surface area contributed by atoms with Crippen molar-refractivity contribution in [3.63, 3.8) is 0 Å². The molecule has 0 amide bonds. The van der Waals surface area contributed by atoms with Gasteiger partial charge in [0.2, 0.25) is 11.0 Å². The zero-order chi connectivity index (χ0) is 16.8. The van der Waals surface area contributed by atoms with Crippen LogP contribution in [0.3, 0.4) is 0 Å². The molecule has 0 aliphatic rings. The number of pyridine rings is 1. The molecule has 0 N–H and O–H groups in total. The Morgan fingerprint density at radius 3 is 1.62 bits per heavy atom. The third kappa shape index (κ3) is 2.07. The molecule has 0 unspecified atom stereocenters. The van der Waals surface area contributed by atoms with Gasteiger partial charge in [0, 0.05) is 17.7 Å². The Bertz CT molecular complexity index is 1020. The Labute approximate surface area is 141 Å². The molecule has 2 nitrogen and oxygen atoms in total. The summed E-state index contributed by atoms with van der Waals surface area (Å²) in [6.07, 6.45) is 0. The average Bonchev–Trinajstić information content (AvgIpc) is 2.57. The molecule has 24 heavy (non-hydrogen) atoms. The first-order valence-corrected chi connectivity index (χ1v) is 8.19. The van der Waals surface area contributed by atoms with E-state index in [2.05, 4.69) is 32.9 Å². The molecule has 0 aliphatic carbocycles. The fourth-order valence-corrected chi connectivity index (χ4v) is 3.84. The quantitative estimate of drug-likeness (QED) is 0.269. The number of benzene rings is 3. The molecule has 2 heteroatoms. The van der Waals surface area contributed by atoms with Crippen LogP contribution in [0.25, 0.3) is 32.9 Å². The normalized spacial score (nSPS) is 11.3. The van der Waals surface area contributed by atoms with E-state index in [-0.39, 0.29) is 0 Å². The van der Waals surface area contributed by atoms with Crippen molar-refractivity contribution in [2.75, 3.05) is 0 Å². The van der Waals surface area contributed by atoms with Crippen molar-refractivity contribution in [1.29, 1.82) is 0 Å². The maximum absolute atomic E-state index is 12.8. The first-order valence-electron chi connectivity index (χ1n) is 8.19. The van der Waals surface area contributed by atoms with Gasteiger partial charge in [0.1, 0.15) is 0 Å². The maximum atomic E-state index is 12.8. The Morgan fingerprint density at radius 1 is 0.667 bits per heavy atom. The number of hydrogen-bond donors (Lipinski definition) is 0. The summed E-state index contributed by atoms with van der Waals surface area (Å²) in [7, 11) is 0. The van der Waals surface area contributed by atoms with Gasteiger partial charge in [-0.05, 0) is 49.6 Å². The predicted octanol–water partition coefficient (Wildman–Crippen LogP) is 5.22. The van der Waals surface area contributed by atoms with Gasteiger partial charge in [0.05, 0.1) is 10.8 Å². The third-order valence-corrected chi connectivity index (χ3v) is 4.71. The second-order valence-corrected chi connectivity index (χ2v) is 6.48. The number of aromatic nitrogens is 1. The van der Waals surface area contributed by atoms with Crippen LogP contribution >= 0.6 is 0 Å². The topological polar surface area (TPSA) is 26.9 Å². The fraction of sp³-hybridized carbons (Fsp3) is 0.136. The van der Waals surface area contributed by atoms with Crippen LogP contribution in [0.5, 0.6) is 0 Å². The highest BCUT2D eigenvalue weighted by molar-refractivity contribution is 6.08. The van der Waals surface area contributed by atoms with Crippen LogP contribution < -0.4 is 4.73 Å². The lowest BCUT2D eigenvalue weighted by atomic mass is 9.89. The summed E-state index contributed by atoms with van der Waals surface area (Å²) in [4.78, 5) is 0. The molecule has 0 spiro atoms. The summed E-state index contributed by atoms with van der Waals surface area (Å²) in [5, 5.41) is 14.8. The molecule has 1 aromatic heterocycles. The zero-order valence-corrected chi connectivity index (χ0v) is 14.1. The Hall–Kier alpha value is -2.87. The van der Waals surface area contributed by atoms with Crippen LogP contribution in [0, 0.1) is 26.0 Å². The highest BCUT2D eigenvalue weighted by Crippen LogP contribution is 2.37. The number of aryl methyl sites for hydroxylation is 3. The summed E-state index contributed by atoms with van der Waals surface area (Å²) in [6.45, 7) is 6.42. The first kappa shape index (κ1) is 14.7. The summed E-state index contributed by atoms with van der Waals surface area (Å²) in [5.41, 5.74) is 7.56. The number of hydrogen-bond acceptors (Lipinski definition) is 1. The maximum Gasteiger partial charge on any atom is 0.224 e. The number of para-hydroxylation sites is 2. The number of nitrogens with zero attached hydrogens (tertiary/aromatic N) is 1. The molecule has 0 saturated heterocycles. The van der Waals surface area contributed by atoms with Crippen molar-refractivity contribution in [3.8, 4) is 11.1 Å². The monoisotopic (exact) mass is 313 g/mol. The molecule has 4 rings (SSSR count). The highest BCUT2D eigenvalue weighted by Gasteiger charge is 2.20. The molecule has 0 bridgehead atoms. The highest BCUT2D eigenvalue weighted by atomic mass is 16.5. The number of rotatable bonds is 1. The van der Waals surface area contributed by atoms with E-state index in [4.69, 9.17) is 0 Å². The lowest BCUT2D eigenvalue weighted by Gasteiger charge is -2.16. The van der Waals surface area contributed by atoms with E-state index in [0.717, 1.165) is 21.1 Å². The van der Waals surface area contributed by atoms with Gasteiger partial charge in [0.15, 0.2) is 0 Å². The van der Waals surface area contributed by atoms with Gasteiger partial charge in [-0.1, -0.05) is 42.0 Å². The molecule has 0 fully saturated rings. The molecule has 118 valence electrons. The second-order valence-electron chi connectivity index (χ2n) is 6.48. The van der Waals surface area contributed by atoms with E-state index in [1.54, 1.807) is 0 Å². The molecular weight excluding hydrogens is 294 g/mol. The molecule has 3 aromatic carbocycles. The van der Waals surface area contributed by atoms with Crippen molar-refractivity contribution >= 4 is 21.8 Å². The summed E-state index contributed by atoms with van der Waals surface area (Å²) < 4.78 is 1.05. The van der Waals surface area contributed by atoms with Crippen molar-refractivity contribution in [2.24, 2.45) is 0 Å². The van der Waals surface area contributed by atoms with Crippen LogP contribution in [0.2, 0.25) is 0 Å². The summed E-state index contributed by atoms with van der Waals surface area (Å²) in [6, 6.07) is 20.2. The molecular formula is C22H19NO. The van der Waals surface area contributed by atoms with Gasteiger partial charge in [-0.15, -0.1) is 0 Å². The lowest BCUT2D eigenvalue weighted by molar-refractivity contribution is -0.547. The smallest absolute Gasteiger partial charge is 0.224 e. The van der Waals surface area contributed by atoms with E-state index in [9.17, 15) is 5.21 Å². The van der Waals surface area contributed by atoms with Gasteiger partial charge in [0.25, 0.3) is 0 Å². The van der Waals surface area contributed by atoms with E-state index < -0.39 is 0 Å². The molecule has 0 atom stereocenters. The minimum absolute atomic E-state index is 0.713. The standard InChI is InChI=1S/C22H19NO/c1-14-12-15(2)21(16(3)13-14)22-17-8-4-6-10-19(17)23(24)20-11-7-5-9-18(20)22/h4-13H,1-3H3. The second kappa shape index (κ2) is 5.34. The van der Waals surface area contributed by atoms with E-state index in [0.29, 0.717) is 11.0 Å². The molecule has 4 aromatic rings. The SMILES string of the molecule is Cc1cc(C)c(-c2c3ccccc3[n+]([O-])c3ccccc23)c(C)c1. The Morgan fingerprint density at radius 2 is 1.12 bits per heavy atom. The van der Waals surface area contributed by atoms with Crippen LogP contribution in [-0.4, -0.2) is 0 Å². The minimum Gasteiger partial charge on any atom is -0.618 e. The van der Waals surface area contributed by atoms with E-state index in [1.807, 2.05) is 48.5 Å². The van der Waals surface area contributed by atoms with E-state index >= 15 is 0 Å². The number of fused-ring (bicyclic) bond motifs is 2. The zero-order valence-electron chi connectivity index (χ0n) is 14.1. The molecule has 0 aliphatic heterocycles. The largest absolute Gasteiger partial charge is 0.618 e. The average molecular weight is 313 g/mol. The van der Waals surface area contributed by atoms with Crippen molar-refractivity contribution in [3.05, 3.63) is 82.6 Å². The Kier molecular flexibility index (Phi) is 3.27. The van der Waals surface area contributed by atoms with Crippen LogP contribution in [0.1, 0.15) is 16.7 Å². The van der Waals surface area contributed by atoms with Crippen molar-refractivity contribution < 1.29 is 4.73 Å². The van der Waals surface area contributed by atoms with Crippen molar-refractivity contribution in [2.45, 2.75) is 20.8 Å². The molecule has 0 radical (unpaired) electrons. The van der Waals surface area contributed by atoms with Crippen molar-refractivity contribution in [1.82, 2.24) is 0 Å². The van der Waals surface area contributed by atoms with Gasteiger partial charge >= 0.3 is 0 Å². The minimum atomic E-state index is 0.713. The van der Waals surface area contributed by atoms with Gasteiger partial charge in [-0.3, -0.25) is 0 Å². The van der Waals surface area contributed by atoms with Crippen LogP contribution in [0.15, 0.2) is 60.7 Å². The van der Waals surface area contributed by atoms with Gasteiger partial charge < -0.3 is 5.21 Å². The molecule has 1 heterocycles. The fourth-order valence-electron chi connectivity index (χ4n) is 3.84. The predicted molar refractivity (Wildman–Crippen MR) is 100 cm³/mol. The third-order valence-electron chi connectivity index (χ3n) is 4.71.